The molecule has 0 aliphatic carbocycles. The lowest BCUT2D eigenvalue weighted by atomic mass is 10.1. The van der Waals surface area contributed by atoms with E-state index in [0.29, 0.717) is 11.3 Å². The number of ether oxygens (including phenoxy) is 1. The number of hydrogen-bond acceptors (Lipinski definition) is 4. The summed E-state index contributed by atoms with van der Waals surface area (Å²) in [6, 6.07) is 12.1. The second-order valence-corrected chi connectivity index (χ2v) is 5.15. The molecule has 0 aliphatic rings. The molecule has 2 rings (SSSR count). The van der Waals surface area contributed by atoms with Gasteiger partial charge in [-0.2, -0.15) is 0 Å². The number of benzene rings is 2. The highest BCUT2D eigenvalue weighted by Crippen LogP contribution is 2.16. The van der Waals surface area contributed by atoms with Gasteiger partial charge in [0.25, 0.3) is 11.8 Å². The Morgan fingerprint density at radius 3 is 2.39 bits per heavy atom. The zero-order chi connectivity index (χ0) is 16.8. The first-order chi connectivity index (χ1) is 11.0. The van der Waals surface area contributed by atoms with Gasteiger partial charge in [-0.25, -0.2) is 5.84 Å². The molecule has 120 valence electrons. The first kappa shape index (κ1) is 16.5. The van der Waals surface area contributed by atoms with E-state index in [1.54, 1.807) is 24.3 Å². The first-order valence-corrected chi connectivity index (χ1v) is 7.10. The second-order valence-electron chi connectivity index (χ2n) is 5.15. The van der Waals surface area contributed by atoms with Crippen LogP contribution in [0.25, 0.3) is 0 Å². The number of carbonyl (C=O) groups is 2. The summed E-state index contributed by atoms with van der Waals surface area (Å²) in [6.07, 6.45) is 0. The van der Waals surface area contributed by atoms with Crippen LogP contribution >= 0.6 is 0 Å². The normalized spacial score (nSPS) is 10.0. The predicted octanol–water partition coefficient (Wildman–Crippen LogP) is 1.92. The summed E-state index contributed by atoms with van der Waals surface area (Å²) in [6.45, 7) is 3.82. The van der Waals surface area contributed by atoms with Crippen molar-refractivity contribution in [2.24, 2.45) is 5.84 Å². The molecule has 0 aliphatic heterocycles. The number of aryl methyl sites for hydroxylation is 2. The molecule has 0 spiro atoms. The molecule has 6 nitrogen and oxygen atoms in total. The van der Waals surface area contributed by atoms with Crippen molar-refractivity contribution < 1.29 is 14.3 Å². The molecule has 23 heavy (non-hydrogen) atoms. The van der Waals surface area contributed by atoms with Gasteiger partial charge in [0, 0.05) is 11.3 Å². The molecule has 0 aromatic heterocycles. The molecule has 0 heterocycles. The van der Waals surface area contributed by atoms with Gasteiger partial charge in [-0.1, -0.05) is 17.7 Å². The van der Waals surface area contributed by atoms with E-state index in [-0.39, 0.29) is 18.4 Å². The molecule has 0 fully saturated rings. The van der Waals surface area contributed by atoms with Crippen LogP contribution in [-0.4, -0.2) is 18.4 Å². The van der Waals surface area contributed by atoms with Crippen LogP contribution in [0.2, 0.25) is 0 Å². The number of anilines is 1. The van der Waals surface area contributed by atoms with Gasteiger partial charge in [-0.15, -0.1) is 0 Å². The molecule has 2 aromatic rings. The van der Waals surface area contributed by atoms with Gasteiger partial charge in [0.15, 0.2) is 6.61 Å². The molecule has 0 atom stereocenters. The lowest BCUT2D eigenvalue weighted by Gasteiger charge is -2.10. The van der Waals surface area contributed by atoms with Gasteiger partial charge < -0.3 is 10.1 Å². The largest absolute Gasteiger partial charge is 0.484 e. The van der Waals surface area contributed by atoms with Crippen LogP contribution < -0.4 is 21.3 Å². The summed E-state index contributed by atoms with van der Waals surface area (Å²) in [7, 11) is 0. The topological polar surface area (TPSA) is 93.4 Å². The monoisotopic (exact) mass is 313 g/mol. The van der Waals surface area contributed by atoms with Crippen molar-refractivity contribution in [3.63, 3.8) is 0 Å². The molecule has 4 N–H and O–H groups in total. The first-order valence-electron chi connectivity index (χ1n) is 7.10. The van der Waals surface area contributed by atoms with Gasteiger partial charge in [0.1, 0.15) is 5.75 Å². The average molecular weight is 313 g/mol. The number of nitrogens with one attached hydrogen (secondary N) is 2. The minimum Gasteiger partial charge on any atom is -0.484 e. The summed E-state index contributed by atoms with van der Waals surface area (Å²) >= 11 is 0. The zero-order valence-electron chi connectivity index (χ0n) is 13.1. The Bertz CT molecular complexity index is 712. The van der Waals surface area contributed by atoms with Crippen LogP contribution in [0.1, 0.15) is 21.5 Å². The Morgan fingerprint density at radius 2 is 1.78 bits per heavy atom. The number of carbonyl (C=O) groups excluding carboxylic acids is 2. The van der Waals surface area contributed by atoms with Crippen LogP contribution in [0.4, 0.5) is 5.69 Å². The minimum absolute atomic E-state index is 0.115. The van der Waals surface area contributed by atoms with Crippen LogP contribution in [0.3, 0.4) is 0 Å². The Balaban J connectivity index is 1.90. The number of nitrogen functional groups attached to an aromatic ring is 1. The van der Waals surface area contributed by atoms with Crippen molar-refractivity contribution in [2.75, 3.05) is 11.9 Å². The van der Waals surface area contributed by atoms with Crippen molar-refractivity contribution in [3.8, 4) is 5.75 Å². The third kappa shape index (κ3) is 4.55. The van der Waals surface area contributed by atoms with Crippen molar-refractivity contribution in [1.29, 1.82) is 0 Å². The van der Waals surface area contributed by atoms with E-state index < -0.39 is 0 Å². The van der Waals surface area contributed by atoms with Gasteiger partial charge in [0.05, 0.1) is 0 Å². The molecular weight excluding hydrogens is 294 g/mol. The Morgan fingerprint density at radius 1 is 1.09 bits per heavy atom. The van der Waals surface area contributed by atoms with E-state index in [1.807, 2.05) is 37.5 Å². The molecular formula is C17H19N3O3. The van der Waals surface area contributed by atoms with Gasteiger partial charge in [-0.05, 0) is 49.7 Å². The molecule has 0 unspecified atom stereocenters. The van der Waals surface area contributed by atoms with Gasteiger partial charge in [-0.3, -0.25) is 15.0 Å². The second kappa shape index (κ2) is 7.42. The van der Waals surface area contributed by atoms with Crippen molar-refractivity contribution in [3.05, 3.63) is 59.2 Å². The Labute approximate surface area is 134 Å². The molecule has 2 amide bonds. The summed E-state index contributed by atoms with van der Waals surface area (Å²) in [5, 5.41) is 2.80. The van der Waals surface area contributed by atoms with Gasteiger partial charge in [0.2, 0.25) is 0 Å². The van der Waals surface area contributed by atoms with E-state index in [1.165, 1.54) is 0 Å². The molecule has 6 heteroatoms. The average Bonchev–Trinajstić information content (AvgIpc) is 2.55. The van der Waals surface area contributed by atoms with Crippen LogP contribution in [0.5, 0.6) is 5.75 Å². The van der Waals surface area contributed by atoms with E-state index in [9.17, 15) is 9.59 Å². The Hall–Kier alpha value is -2.86. The van der Waals surface area contributed by atoms with Crippen LogP contribution in [0.15, 0.2) is 42.5 Å². The standard InChI is InChI=1S/C17H19N3O3/c1-11-3-8-15(12(2)9-11)19-16(21)10-23-14-6-4-13(5-7-14)17(22)20-18/h3-9H,10,18H2,1-2H3,(H,19,21)(H,20,22). The Kier molecular flexibility index (Phi) is 5.32. The maximum Gasteiger partial charge on any atom is 0.265 e. The summed E-state index contributed by atoms with van der Waals surface area (Å²) in [4.78, 5) is 23.2. The summed E-state index contributed by atoms with van der Waals surface area (Å²) in [5.74, 6) is 4.91. The lowest BCUT2D eigenvalue weighted by Crippen LogP contribution is -2.29. The molecule has 0 saturated carbocycles. The van der Waals surface area contributed by atoms with E-state index in [2.05, 4.69) is 5.32 Å². The SMILES string of the molecule is Cc1ccc(NC(=O)COc2ccc(C(=O)NN)cc2)c(C)c1. The summed E-state index contributed by atoms with van der Waals surface area (Å²) < 4.78 is 5.40. The fraction of sp³-hybridized carbons (Fsp3) is 0.176. The van der Waals surface area contributed by atoms with E-state index >= 15 is 0 Å². The fourth-order valence-corrected chi connectivity index (χ4v) is 2.07. The highest BCUT2D eigenvalue weighted by atomic mass is 16.5. The summed E-state index contributed by atoms with van der Waals surface area (Å²) in [5.41, 5.74) is 5.36. The van der Waals surface area contributed by atoms with Crippen LogP contribution in [0, 0.1) is 13.8 Å². The highest BCUT2D eigenvalue weighted by Gasteiger charge is 2.07. The quantitative estimate of drug-likeness (QED) is 0.446. The zero-order valence-corrected chi connectivity index (χ0v) is 13.1. The minimum atomic E-state index is -0.385. The van der Waals surface area contributed by atoms with E-state index in [0.717, 1.165) is 16.8 Å². The molecule has 0 bridgehead atoms. The van der Waals surface area contributed by atoms with Crippen molar-refractivity contribution in [2.45, 2.75) is 13.8 Å². The van der Waals surface area contributed by atoms with Crippen molar-refractivity contribution >= 4 is 17.5 Å². The maximum atomic E-state index is 11.9. The fourth-order valence-electron chi connectivity index (χ4n) is 2.07. The van der Waals surface area contributed by atoms with Gasteiger partial charge >= 0.3 is 0 Å². The smallest absolute Gasteiger partial charge is 0.265 e. The predicted molar refractivity (Wildman–Crippen MR) is 88.1 cm³/mol. The number of hydrazine groups is 1. The molecule has 2 aromatic carbocycles. The third-order valence-electron chi connectivity index (χ3n) is 3.27. The lowest BCUT2D eigenvalue weighted by molar-refractivity contribution is -0.118. The van der Waals surface area contributed by atoms with Crippen molar-refractivity contribution in [1.82, 2.24) is 5.43 Å². The van der Waals surface area contributed by atoms with Crippen LogP contribution in [-0.2, 0) is 4.79 Å². The number of hydrogen-bond donors (Lipinski definition) is 3. The third-order valence-corrected chi connectivity index (χ3v) is 3.27. The number of amides is 2. The molecule has 0 radical (unpaired) electrons. The number of rotatable bonds is 5. The molecule has 0 saturated heterocycles. The highest BCUT2D eigenvalue weighted by molar-refractivity contribution is 5.94. The van der Waals surface area contributed by atoms with E-state index in [4.69, 9.17) is 10.6 Å². The maximum absolute atomic E-state index is 11.9. The number of nitrogens with two attached hydrogens (primary N) is 1.